The molecule has 0 saturated carbocycles. The maximum absolute atomic E-state index is 12.5. The van der Waals surface area contributed by atoms with Crippen LogP contribution in [0.4, 0.5) is 0 Å². The molecule has 0 spiro atoms. The van der Waals surface area contributed by atoms with Crippen LogP contribution in [0.2, 0.25) is 0 Å². The van der Waals surface area contributed by atoms with Gasteiger partial charge in [-0.1, -0.05) is 30.3 Å². The Kier molecular flexibility index (Phi) is 8.74. The third-order valence-corrected chi connectivity index (χ3v) is 3.59. The van der Waals surface area contributed by atoms with Crippen LogP contribution in [0.15, 0.2) is 35.3 Å². The Hall–Kier alpha value is -2.61. The normalized spacial score (nSPS) is 13.3. The van der Waals surface area contributed by atoms with Gasteiger partial charge in [-0.2, -0.15) is 0 Å². The van der Waals surface area contributed by atoms with E-state index in [9.17, 15) is 9.59 Å². The molecule has 1 rings (SSSR count). The Morgan fingerprint density at radius 1 is 1.19 bits per heavy atom. The van der Waals surface area contributed by atoms with E-state index in [2.05, 4.69) is 10.3 Å². The van der Waals surface area contributed by atoms with Gasteiger partial charge in [-0.15, -0.1) is 0 Å². The van der Waals surface area contributed by atoms with Crippen molar-refractivity contribution in [1.29, 1.82) is 0 Å². The predicted octanol–water partition coefficient (Wildman–Crippen LogP) is 0.437. The van der Waals surface area contributed by atoms with Gasteiger partial charge < -0.3 is 27.3 Å². The van der Waals surface area contributed by atoms with Crippen LogP contribution in [0.25, 0.3) is 0 Å². The zero-order chi connectivity index (χ0) is 20.4. The van der Waals surface area contributed by atoms with Gasteiger partial charge in [0.15, 0.2) is 5.96 Å². The second kappa shape index (κ2) is 10.5. The maximum Gasteiger partial charge on any atom is 0.329 e. The molecule has 0 fully saturated rings. The number of carbonyl (C=O) groups excluding carboxylic acids is 2. The van der Waals surface area contributed by atoms with Crippen LogP contribution in [0.5, 0.6) is 0 Å². The van der Waals surface area contributed by atoms with E-state index in [-0.39, 0.29) is 5.96 Å². The first kappa shape index (κ1) is 22.4. The zero-order valence-corrected chi connectivity index (χ0v) is 16.3. The Bertz CT molecular complexity index is 636. The van der Waals surface area contributed by atoms with Crippen molar-refractivity contribution < 1.29 is 14.3 Å². The Labute approximate surface area is 160 Å². The first-order chi connectivity index (χ1) is 12.6. The lowest BCUT2D eigenvalue weighted by atomic mass is 10.0. The van der Waals surface area contributed by atoms with Crippen LogP contribution in [-0.2, 0) is 20.7 Å². The van der Waals surface area contributed by atoms with E-state index in [1.807, 2.05) is 30.3 Å². The fourth-order valence-corrected chi connectivity index (χ4v) is 2.35. The van der Waals surface area contributed by atoms with Crippen LogP contribution in [0.1, 0.15) is 39.2 Å². The summed E-state index contributed by atoms with van der Waals surface area (Å²) >= 11 is 0. The molecular formula is C19H31N5O3. The molecule has 8 heteroatoms. The molecule has 1 amide bonds. The van der Waals surface area contributed by atoms with Crippen molar-refractivity contribution in [2.75, 3.05) is 6.54 Å². The summed E-state index contributed by atoms with van der Waals surface area (Å²) in [6.45, 7) is 5.73. The minimum Gasteiger partial charge on any atom is -0.458 e. The van der Waals surface area contributed by atoms with Crippen molar-refractivity contribution in [2.45, 2.75) is 57.7 Å². The fourth-order valence-electron chi connectivity index (χ4n) is 2.35. The van der Waals surface area contributed by atoms with Crippen LogP contribution in [0, 0.1) is 0 Å². The summed E-state index contributed by atoms with van der Waals surface area (Å²) in [5.74, 6) is -0.903. The quantitative estimate of drug-likeness (QED) is 0.212. The van der Waals surface area contributed by atoms with Crippen molar-refractivity contribution in [1.82, 2.24) is 5.32 Å². The molecule has 7 N–H and O–H groups in total. The van der Waals surface area contributed by atoms with Crippen LogP contribution in [0.3, 0.4) is 0 Å². The summed E-state index contributed by atoms with van der Waals surface area (Å²) in [6.07, 6.45) is 1.28. The number of ether oxygens (including phenoxy) is 1. The molecule has 0 saturated heterocycles. The molecule has 0 unspecified atom stereocenters. The van der Waals surface area contributed by atoms with Crippen molar-refractivity contribution in [3.05, 3.63) is 35.9 Å². The first-order valence-electron chi connectivity index (χ1n) is 8.96. The SMILES string of the molecule is CC(C)(C)OC(=O)[C@H](Cc1ccccc1)NC(=O)[C@@H](N)CCCN=C(N)N. The van der Waals surface area contributed by atoms with Gasteiger partial charge in [-0.05, 0) is 39.2 Å². The van der Waals surface area contributed by atoms with E-state index < -0.39 is 29.6 Å². The van der Waals surface area contributed by atoms with Gasteiger partial charge in [0.25, 0.3) is 0 Å². The lowest BCUT2D eigenvalue weighted by molar-refractivity contribution is -0.158. The van der Waals surface area contributed by atoms with Gasteiger partial charge in [-0.3, -0.25) is 9.79 Å². The first-order valence-corrected chi connectivity index (χ1v) is 8.96. The van der Waals surface area contributed by atoms with Gasteiger partial charge >= 0.3 is 5.97 Å². The summed E-state index contributed by atoms with van der Waals surface area (Å²) in [6, 6.07) is 7.83. The van der Waals surface area contributed by atoms with Gasteiger partial charge in [0.05, 0.1) is 6.04 Å². The molecule has 0 heterocycles. The van der Waals surface area contributed by atoms with Crippen molar-refractivity contribution in [3.63, 3.8) is 0 Å². The molecule has 0 aliphatic rings. The molecule has 0 aliphatic carbocycles. The van der Waals surface area contributed by atoms with E-state index in [0.717, 1.165) is 5.56 Å². The smallest absolute Gasteiger partial charge is 0.329 e. The standard InChI is InChI=1S/C19H31N5O3/c1-19(2,3)27-17(26)15(12-13-8-5-4-6-9-13)24-16(25)14(20)10-7-11-23-18(21)22/h4-6,8-9,14-15H,7,10-12,20H2,1-3H3,(H,24,25)(H4,21,22,23)/t14-,15-/m0/s1. The van der Waals surface area contributed by atoms with Gasteiger partial charge in [0.1, 0.15) is 11.6 Å². The Balaban J connectivity index is 2.72. The van der Waals surface area contributed by atoms with E-state index >= 15 is 0 Å². The van der Waals surface area contributed by atoms with Crippen molar-refractivity contribution in [3.8, 4) is 0 Å². The topological polar surface area (TPSA) is 146 Å². The zero-order valence-electron chi connectivity index (χ0n) is 16.3. The maximum atomic E-state index is 12.5. The highest BCUT2D eigenvalue weighted by molar-refractivity contribution is 5.87. The van der Waals surface area contributed by atoms with Crippen molar-refractivity contribution in [2.24, 2.45) is 22.2 Å². The van der Waals surface area contributed by atoms with Gasteiger partial charge in [-0.25, -0.2) is 4.79 Å². The summed E-state index contributed by atoms with van der Waals surface area (Å²) < 4.78 is 5.44. The highest BCUT2D eigenvalue weighted by atomic mass is 16.6. The molecule has 0 bridgehead atoms. The molecule has 2 atom stereocenters. The average Bonchev–Trinajstić information content (AvgIpc) is 2.57. The number of amides is 1. The summed E-state index contributed by atoms with van der Waals surface area (Å²) in [5, 5.41) is 2.71. The van der Waals surface area contributed by atoms with Crippen molar-refractivity contribution >= 4 is 17.8 Å². The van der Waals surface area contributed by atoms with Crippen LogP contribution < -0.4 is 22.5 Å². The molecule has 27 heavy (non-hydrogen) atoms. The molecule has 8 nitrogen and oxygen atoms in total. The highest BCUT2D eigenvalue weighted by Gasteiger charge is 2.28. The third-order valence-electron chi connectivity index (χ3n) is 3.59. The summed E-state index contributed by atoms with van der Waals surface area (Å²) in [4.78, 5) is 28.8. The number of nitrogens with two attached hydrogens (primary N) is 3. The lowest BCUT2D eigenvalue weighted by Crippen LogP contribution is -2.50. The molecular weight excluding hydrogens is 346 g/mol. The minimum absolute atomic E-state index is 0.000809. The fraction of sp³-hybridized carbons (Fsp3) is 0.526. The molecule has 0 aromatic heterocycles. The Morgan fingerprint density at radius 2 is 1.81 bits per heavy atom. The number of nitrogens with zero attached hydrogens (tertiary/aromatic N) is 1. The lowest BCUT2D eigenvalue weighted by Gasteiger charge is -2.25. The number of rotatable bonds is 9. The number of carbonyl (C=O) groups is 2. The molecule has 1 aromatic rings. The summed E-state index contributed by atoms with van der Waals surface area (Å²) in [7, 11) is 0. The average molecular weight is 377 g/mol. The Morgan fingerprint density at radius 3 is 2.37 bits per heavy atom. The highest BCUT2D eigenvalue weighted by Crippen LogP contribution is 2.12. The largest absolute Gasteiger partial charge is 0.458 e. The monoisotopic (exact) mass is 377 g/mol. The minimum atomic E-state index is -0.817. The van der Waals surface area contributed by atoms with E-state index in [1.165, 1.54) is 0 Å². The second-order valence-electron chi connectivity index (χ2n) is 7.34. The van der Waals surface area contributed by atoms with E-state index in [1.54, 1.807) is 20.8 Å². The van der Waals surface area contributed by atoms with Gasteiger partial charge in [0.2, 0.25) is 5.91 Å². The van der Waals surface area contributed by atoms with E-state index in [0.29, 0.717) is 25.8 Å². The third kappa shape index (κ3) is 9.60. The number of nitrogens with one attached hydrogen (secondary N) is 1. The number of guanidine groups is 1. The predicted molar refractivity (Wildman–Crippen MR) is 106 cm³/mol. The molecule has 0 aliphatic heterocycles. The summed E-state index contributed by atoms with van der Waals surface area (Å²) in [5.41, 5.74) is 16.7. The molecule has 1 aromatic carbocycles. The number of benzene rings is 1. The number of esters is 1. The number of hydrogen-bond donors (Lipinski definition) is 4. The van der Waals surface area contributed by atoms with E-state index in [4.69, 9.17) is 21.9 Å². The van der Waals surface area contributed by atoms with Gasteiger partial charge in [0, 0.05) is 13.0 Å². The van der Waals surface area contributed by atoms with Crippen LogP contribution in [-0.4, -0.2) is 42.1 Å². The molecule has 150 valence electrons. The number of hydrogen-bond acceptors (Lipinski definition) is 5. The second-order valence-corrected chi connectivity index (χ2v) is 7.34. The molecule has 0 radical (unpaired) electrons. The van der Waals surface area contributed by atoms with Crippen LogP contribution >= 0.6 is 0 Å². The number of aliphatic imine (C=N–C) groups is 1.